The molecule has 2 rings (SSSR count). The summed E-state index contributed by atoms with van der Waals surface area (Å²) in [5, 5.41) is 7.27. The predicted octanol–water partition coefficient (Wildman–Crippen LogP) is 2.43. The third kappa shape index (κ3) is 5.05. The lowest BCUT2D eigenvalue weighted by molar-refractivity contribution is -0.872. The van der Waals surface area contributed by atoms with Crippen LogP contribution >= 0.6 is 12.2 Å². The second-order valence-electron chi connectivity index (χ2n) is 6.21. The smallest absolute Gasteiger partial charge is 0.171 e. The fourth-order valence-electron chi connectivity index (χ4n) is 2.51. The van der Waals surface area contributed by atoms with Gasteiger partial charge in [0.25, 0.3) is 0 Å². The topological polar surface area (TPSA) is 28.5 Å². The van der Waals surface area contributed by atoms with E-state index in [9.17, 15) is 0 Å². The van der Waals surface area contributed by atoms with E-state index in [4.69, 9.17) is 12.2 Å². The zero-order chi connectivity index (χ0) is 16.8. The molecule has 23 heavy (non-hydrogen) atoms. The largest absolute Gasteiger partial charge is 0.358 e. The summed E-state index contributed by atoms with van der Waals surface area (Å²) >= 11 is 5.44. The van der Waals surface area contributed by atoms with Crippen molar-refractivity contribution in [2.24, 2.45) is 0 Å². The van der Waals surface area contributed by atoms with Crippen molar-refractivity contribution < 1.29 is 4.90 Å². The second-order valence-corrected chi connectivity index (χ2v) is 6.62. The van der Waals surface area contributed by atoms with Crippen LogP contribution in [0.25, 0.3) is 0 Å². The van der Waals surface area contributed by atoms with Gasteiger partial charge in [0.15, 0.2) is 5.11 Å². The molecule has 0 amide bonds. The molecule has 0 fully saturated rings. The molecule has 2 aromatic carbocycles. The number of quaternary nitrogens is 1. The molecule has 0 radical (unpaired) electrons. The van der Waals surface area contributed by atoms with Crippen molar-refractivity contribution in [2.45, 2.75) is 26.9 Å². The van der Waals surface area contributed by atoms with Gasteiger partial charge in [-0.3, -0.25) is 0 Å². The first kappa shape index (κ1) is 17.4. The third-order valence-electron chi connectivity index (χ3n) is 3.95. The van der Waals surface area contributed by atoms with Crippen molar-refractivity contribution in [1.29, 1.82) is 0 Å². The van der Waals surface area contributed by atoms with Gasteiger partial charge in [0.2, 0.25) is 0 Å². The molecular weight excluding hydrogens is 302 g/mol. The second kappa shape index (κ2) is 8.09. The summed E-state index contributed by atoms with van der Waals surface area (Å²) in [6.07, 6.45) is 0. The molecule has 0 heterocycles. The fourth-order valence-corrected chi connectivity index (χ4v) is 2.69. The van der Waals surface area contributed by atoms with Gasteiger partial charge in [0.1, 0.15) is 6.54 Å². The van der Waals surface area contributed by atoms with Crippen LogP contribution in [0.4, 0.5) is 5.69 Å². The molecule has 122 valence electrons. The van der Waals surface area contributed by atoms with E-state index in [1.54, 1.807) is 0 Å². The number of anilines is 1. The maximum Gasteiger partial charge on any atom is 0.171 e. The molecule has 3 nitrogen and oxygen atoms in total. The van der Waals surface area contributed by atoms with Gasteiger partial charge in [0.05, 0.1) is 14.1 Å². The van der Waals surface area contributed by atoms with Gasteiger partial charge < -0.3 is 15.5 Å². The molecule has 0 spiro atoms. The Hall–Kier alpha value is -1.91. The van der Waals surface area contributed by atoms with Crippen molar-refractivity contribution in [3.05, 3.63) is 64.7 Å². The lowest BCUT2D eigenvalue weighted by Crippen LogP contribution is -3.04. The Morgan fingerprint density at radius 2 is 1.70 bits per heavy atom. The normalized spacial score (nSPS) is 10.7. The number of hydrogen-bond donors (Lipinski definition) is 3. The molecule has 4 heteroatoms. The number of thiocarbonyl (C=S) groups is 1. The molecule has 0 unspecified atom stereocenters. The lowest BCUT2D eigenvalue weighted by atomic mass is 10.1. The summed E-state index contributed by atoms with van der Waals surface area (Å²) in [5.74, 6) is 0. The van der Waals surface area contributed by atoms with E-state index < -0.39 is 0 Å². The van der Waals surface area contributed by atoms with Crippen molar-refractivity contribution >= 4 is 23.0 Å². The van der Waals surface area contributed by atoms with Gasteiger partial charge in [-0.2, -0.15) is 0 Å². The zero-order valence-electron chi connectivity index (χ0n) is 14.4. The van der Waals surface area contributed by atoms with E-state index in [1.165, 1.54) is 27.2 Å². The van der Waals surface area contributed by atoms with Crippen molar-refractivity contribution in [1.82, 2.24) is 5.32 Å². The molecule has 0 atom stereocenters. The number of aryl methyl sites for hydroxylation is 1. The van der Waals surface area contributed by atoms with E-state index in [0.29, 0.717) is 5.11 Å². The molecule has 0 aliphatic heterocycles. The van der Waals surface area contributed by atoms with Crippen LogP contribution in [-0.4, -0.2) is 19.2 Å². The number of benzene rings is 2. The third-order valence-corrected chi connectivity index (χ3v) is 4.20. The highest BCUT2D eigenvalue weighted by Crippen LogP contribution is 2.17. The summed E-state index contributed by atoms with van der Waals surface area (Å²) in [5.41, 5.74) is 6.20. The molecule has 0 saturated heterocycles. The minimum Gasteiger partial charge on any atom is -0.358 e. The van der Waals surface area contributed by atoms with Gasteiger partial charge in [-0.25, -0.2) is 0 Å². The lowest BCUT2D eigenvalue weighted by Gasteiger charge is -2.16. The van der Waals surface area contributed by atoms with Gasteiger partial charge in [-0.05, 0) is 48.8 Å². The molecule has 0 aromatic heterocycles. The highest BCUT2D eigenvalue weighted by Gasteiger charge is 2.07. The Morgan fingerprint density at radius 1 is 1.00 bits per heavy atom. The Kier molecular flexibility index (Phi) is 6.13. The van der Waals surface area contributed by atoms with E-state index >= 15 is 0 Å². The van der Waals surface area contributed by atoms with E-state index in [-0.39, 0.29) is 0 Å². The number of rotatable bonds is 5. The Bertz CT molecular complexity index is 680. The average molecular weight is 329 g/mol. The first-order valence-electron chi connectivity index (χ1n) is 7.94. The number of nitrogens with one attached hydrogen (secondary N) is 3. The van der Waals surface area contributed by atoms with E-state index in [2.05, 4.69) is 75.0 Å². The standard InChI is InChI=1S/C19H25N3S/c1-14-8-7-11-18(15(14)2)21-19(23)20-12-16-9-5-6-10-17(16)13-22(3)4/h5-11H,12-13H2,1-4H3,(H2,20,21,23)/p+1. The highest BCUT2D eigenvalue weighted by molar-refractivity contribution is 7.80. The summed E-state index contributed by atoms with van der Waals surface area (Å²) in [6.45, 7) is 5.96. The Balaban J connectivity index is 1.98. The van der Waals surface area contributed by atoms with Crippen molar-refractivity contribution in [3.8, 4) is 0 Å². The zero-order valence-corrected chi connectivity index (χ0v) is 15.2. The molecule has 0 aliphatic rings. The van der Waals surface area contributed by atoms with Crippen LogP contribution in [0.3, 0.4) is 0 Å². The van der Waals surface area contributed by atoms with Crippen LogP contribution in [0.2, 0.25) is 0 Å². The molecular formula is C19H26N3S+. The van der Waals surface area contributed by atoms with Gasteiger partial charge >= 0.3 is 0 Å². The first-order valence-corrected chi connectivity index (χ1v) is 8.35. The van der Waals surface area contributed by atoms with Crippen LogP contribution in [0.15, 0.2) is 42.5 Å². The minimum absolute atomic E-state index is 0.658. The summed E-state index contributed by atoms with van der Waals surface area (Å²) in [4.78, 5) is 1.41. The van der Waals surface area contributed by atoms with Gasteiger partial charge in [-0.1, -0.05) is 36.4 Å². The van der Waals surface area contributed by atoms with Crippen LogP contribution in [-0.2, 0) is 13.1 Å². The van der Waals surface area contributed by atoms with Crippen LogP contribution in [0.1, 0.15) is 22.3 Å². The van der Waals surface area contributed by atoms with Crippen LogP contribution in [0.5, 0.6) is 0 Å². The SMILES string of the molecule is Cc1cccc(NC(=S)NCc2ccccc2C[NH+](C)C)c1C. The Labute approximate surface area is 144 Å². The summed E-state index contributed by atoms with van der Waals surface area (Å²) in [6, 6.07) is 14.7. The van der Waals surface area contributed by atoms with Crippen LogP contribution in [0, 0.1) is 13.8 Å². The molecule has 0 aliphatic carbocycles. The molecule has 0 bridgehead atoms. The Morgan fingerprint density at radius 3 is 2.39 bits per heavy atom. The first-order chi connectivity index (χ1) is 11.0. The quantitative estimate of drug-likeness (QED) is 0.736. The maximum absolute atomic E-state index is 5.44. The van der Waals surface area contributed by atoms with Crippen LogP contribution < -0.4 is 15.5 Å². The van der Waals surface area contributed by atoms with E-state index in [1.807, 2.05) is 6.07 Å². The number of hydrogen-bond acceptors (Lipinski definition) is 1. The van der Waals surface area contributed by atoms with Gasteiger partial charge in [0, 0.05) is 17.8 Å². The van der Waals surface area contributed by atoms with Crippen molar-refractivity contribution in [2.75, 3.05) is 19.4 Å². The minimum atomic E-state index is 0.658. The highest BCUT2D eigenvalue weighted by atomic mass is 32.1. The van der Waals surface area contributed by atoms with Crippen molar-refractivity contribution in [3.63, 3.8) is 0 Å². The maximum atomic E-state index is 5.44. The predicted molar refractivity (Wildman–Crippen MR) is 102 cm³/mol. The summed E-state index contributed by atoms with van der Waals surface area (Å²) in [7, 11) is 4.33. The summed E-state index contributed by atoms with van der Waals surface area (Å²) < 4.78 is 0. The molecule has 3 N–H and O–H groups in total. The van der Waals surface area contributed by atoms with Gasteiger partial charge in [-0.15, -0.1) is 0 Å². The monoisotopic (exact) mass is 328 g/mol. The average Bonchev–Trinajstić information content (AvgIpc) is 2.50. The fraction of sp³-hybridized carbons (Fsp3) is 0.316. The molecule has 0 saturated carbocycles. The van der Waals surface area contributed by atoms with E-state index in [0.717, 1.165) is 18.8 Å². The molecule has 2 aromatic rings.